The minimum Gasteiger partial charge on any atom is -0.483 e. The van der Waals surface area contributed by atoms with Gasteiger partial charge in [0.05, 0.1) is 6.54 Å². The SMILES string of the molecule is NC(=O)CNC(=O)c1nc(-c2ccsc2)nc2c1OCCO2. The summed E-state index contributed by atoms with van der Waals surface area (Å²) in [5, 5.41) is 6.12. The van der Waals surface area contributed by atoms with Crippen molar-refractivity contribution in [2.45, 2.75) is 0 Å². The molecule has 114 valence electrons. The number of nitrogens with one attached hydrogen (secondary N) is 1. The van der Waals surface area contributed by atoms with Crippen LogP contribution in [0.5, 0.6) is 11.6 Å². The van der Waals surface area contributed by atoms with Crippen molar-refractivity contribution in [2.24, 2.45) is 5.73 Å². The van der Waals surface area contributed by atoms with E-state index in [0.29, 0.717) is 19.0 Å². The number of hydrogen-bond acceptors (Lipinski definition) is 7. The lowest BCUT2D eigenvalue weighted by Crippen LogP contribution is -2.34. The molecule has 3 heterocycles. The van der Waals surface area contributed by atoms with Crippen LogP contribution in [0.4, 0.5) is 0 Å². The van der Waals surface area contributed by atoms with Crippen molar-refractivity contribution in [2.75, 3.05) is 19.8 Å². The molecule has 0 spiro atoms. The fraction of sp³-hybridized carbons (Fsp3) is 0.231. The van der Waals surface area contributed by atoms with Gasteiger partial charge in [0.15, 0.2) is 11.5 Å². The van der Waals surface area contributed by atoms with Gasteiger partial charge in [-0.1, -0.05) is 0 Å². The molecule has 0 aliphatic carbocycles. The first kappa shape index (κ1) is 14.3. The maximum atomic E-state index is 12.2. The van der Waals surface area contributed by atoms with Gasteiger partial charge in [-0.3, -0.25) is 9.59 Å². The third-order valence-corrected chi connectivity index (χ3v) is 3.50. The second-order valence-electron chi connectivity index (χ2n) is 4.39. The van der Waals surface area contributed by atoms with Crippen LogP contribution in [0.25, 0.3) is 11.4 Å². The lowest BCUT2D eigenvalue weighted by atomic mass is 10.2. The van der Waals surface area contributed by atoms with Crippen molar-refractivity contribution in [3.63, 3.8) is 0 Å². The quantitative estimate of drug-likeness (QED) is 0.830. The van der Waals surface area contributed by atoms with E-state index in [1.165, 1.54) is 11.3 Å². The lowest BCUT2D eigenvalue weighted by Gasteiger charge is -2.19. The van der Waals surface area contributed by atoms with Gasteiger partial charge in [-0.25, -0.2) is 4.98 Å². The smallest absolute Gasteiger partial charge is 0.274 e. The van der Waals surface area contributed by atoms with Gasteiger partial charge in [0, 0.05) is 10.9 Å². The molecule has 0 saturated heterocycles. The number of thiophene rings is 1. The van der Waals surface area contributed by atoms with Crippen LogP contribution < -0.4 is 20.5 Å². The van der Waals surface area contributed by atoms with Crippen molar-refractivity contribution >= 4 is 23.2 Å². The third kappa shape index (κ3) is 2.84. The van der Waals surface area contributed by atoms with E-state index in [0.717, 1.165) is 5.56 Å². The molecule has 3 N–H and O–H groups in total. The highest BCUT2D eigenvalue weighted by atomic mass is 32.1. The summed E-state index contributed by atoms with van der Waals surface area (Å²) in [6.07, 6.45) is 0. The molecule has 2 aromatic rings. The molecule has 2 amide bonds. The first-order valence-corrected chi connectivity index (χ1v) is 7.36. The summed E-state index contributed by atoms with van der Waals surface area (Å²) in [5.74, 6) is -0.473. The number of carbonyl (C=O) groups excluding carboxylic acids is 2. The van der Waals surface area contributed by atoms with E-state index in [9.17, 15) is 9.59 Å². The Labute approximate surface area is 129 Å². The summed E-state index contributed by atoms with van der Waals surface area (Å²) in [6, 6.07) is 1.83. The van der Waals surface area contributed by atoms with Crippen molar-refractivity contribution in [3.8, 4) is 23.0 Å². The molecule has 9 heteroatoms. The van der Waals surface area contributed by atoms with E-state index < -0.39 is 11.8 Å². The Hall–Kier alpha value is -2.68. The van der Waals surface area contributed by atoms with Crippen molar-refractivity contribution < 1.29 is 19.1 Å². The van der Waals surface area contributed by atoms with Gasteiger partial charge in [0.1, 0.15) is 13.2 Å². The van der Waals surface area contributed by atoms with Gasteiger partial charge in [-0.15, -0.1) is 0 Å². The fourth-order valence-electron chi connectivity index (χ4n) is 1.87. The Bertz CT molecular complexity index is 717. The standard InChI is InChI=1S/C13H12N4O4S/c14-8(18)5-15-12(19)9-10-13(21-3-2-20-10)17-11(16-9)7-1-4-22-6-7/h1,4,6H,2-3,5H2,(H2,14,18)(H,15,19). The minimum absolute atomic E-state index is 0.0205. The van der Waals surface area contributed by atoms with Crippen LogP contribution in [0, 0.1) is 0 Å². The van der Waals surface area contributed by atoms with Crippen LogP contribution in [0.15, 0.2) is 16.8 Å². The summed E-state index contributed by atoms with van der Waals surface area (Å²) in [7, 11) is 0. The number of ether oxygens (including phenoxy) is 2. The van der Waals surface area contributed by atoms with Gasteiger partial charge in [0.25, 0.3) is 11.8 Å². The summed E-state index contributed by atoms with van der Waals surface area (Å²) in [5.41, 5.74) is 5.81. The highest BCUT2D eigenvalue weighted by Crippen LogP contribution is 2.33. The van der Waals surface area contributed by atoms with Crippen molar-refractivity contribution in [1.29, 1.82) is 0 Å². The number of carbonyl (C=O) groups is 2. The van der Waals surface area contributed by atoms with Crippen molar-refractivity contribution in [3.05, 3.63) is 22.5 Å². The molecule has 0 aromatic carbocycles. The third-order valence-electron chi connectivity index (χ3n) is 2.82. The molecular formula is C13H12N4O4S. The summed E-state index contributed by atoms with van der Waals surface area (Å²) in [4.78, 5) is 31.5. The second-order valence-corrected chi connectivity index (χ2v) is 5.17. The van der Waals surface area contributed by atoms with E-state index in [1.54, 1.807) is 0 Å². The zero-order valence-electron chi connectivity index (χ0n) is 11.4. The van der Waals surface area contributed by atoms with Gasteiger partial charge in [0.2, 0.25) is 11.7 Å². The Balaban J connectivity index is 2.01. The van der Waals surface area contributed by atoms with Gasteiger partial charge in [-0.05, 0) is 11.4 Å². The molecule has 8 nitrogen and oxygen atoms in total. The predicted molar refractivity (Wildman–Crippen MR) is 77.9 cm³/mol. The van der Waals surface area contributed by atoms with E-state index in [-0.39, 0.29) is 23.9 Å². The maximum absolute atomic E-state index is 12.2. The predicted octanol–water partition coefficient (Wildman–Crippen LogP) is 0.191. The van der Waals surface area contributed by atoms with Gasteiger partial charge in [-0.2, -0.15) is 16.3 Å². The summed E-state index contributed by atoms with van der Waals surface area (Å²) >= 11 is 1.49. The largest absolute Gasteiger partial charge is 0.483 e. The number of hydrogen-bond donors (Lipinski definition) is 2. The first-order chi connectivity index (χ1) is 10.6. The zero-order chi connectivity index (χ0) is 15.5. The Morgan fingerprint density at radius 1 is 1.32 bits per heavy atom. The molecule has 0 bridgehead atoms. The second kappa shape index (κ2) is 5.98. The molecule has 0 radical (unpaired) electrons. The molecule has 0 atom stereocenters. The number of amides is 2. The van der Waals surface area contributed by atoms with Crippen LogP contribution in [-0.2, 0) is 4.79 Å². The first-order valence-electron chi connectivity index (χ1n) is 6.42. The van der Waals surface area contributed by atoms with Crippen LogP contribution in [0.3, 0.4) is 0 Å². The summed E-state index contributed by atoms with van der Waals surface area (Å²) < 4.78 is 10.9. The number of primary amides is 1. The van der Waals surface area contributed by atoms with E-state index >= 15 is 0 Å². The number of nitrogens with zero attached hydrogens (tertiary/aromatic N) is 2. The fourth-order valence-corrected chi connectivity index (χ4v) is 2.50. The zero-order valence-corrected chi connectivity index (χ0v) is 12.2. The Morgan fingerprint density at radius 3 is 2.86 bits per heavy atom. The number of rotatable bonds is 4. The van der Waals surface area contributed by atoms with E-state index in [2.05, 4.69) is 15.3 Å². The average molecular weight is 320 g/mol. The van der Waals surface area contributed by atoms with Gasteiger partial charge < -0.3 is 20.5 Å². The highest BCUT2D eigenvalue weighted by molar-refractivity contribution is 7.08. The molecule has 0 saturated carbocycles. The number of nitrogens with two attached hydrogens (primary N) is 1. The minimum atomic E-state index is -0.647. The van der Waals surface area contributed by atoms with Crippen LogP contribution >= 0.6 is 11.3 Å². The lowest BCUT2D eigenvalue weighted by molar-refractivity contribution is -0.117. The Kier molecular flexibility index (Phi) is 3.88. The molecule has 3 rings (SSSR count). The monoisotopic (exact) mass is 320 g/mol. The normalized spacial score (nSPS) is 12.7. The topological polar surface area (TPSA) is 116 Å². The Morgan fingerprint density at radius 2 is 2.14 bits per heavy atom. The highest BCUT2D eigenvalue weighted by Gasteiger charge is 2.26. The van der Waals surface area contributed by atoms with Crippen LogP contribution in [0.1, 0.15) is 10.5 Å². The van der Waals surface area contributed by atoms with E-state index in [4.69, 9.17) is 15.2 Å². The number of fused-ring (bicyclic) bond motifs is 1. The summed E-state index contributed by atoms with van der Waals surface area (Å²) in [6.45, 7) is 0.353. The average Bonchev–Trinajstić information content (AvgIpc) is 3.06. The van der Waals surface area contributed by atoms with Crippen LogP contribution in [-0.4, -0.2) is 41.5 Å². The molecular weight excluding hydrogens is 308 g/mol. The molecule has 1 aliphatic rings. The van der Waals surface area contributed by atoms with Gasteiger partial charge >= 0.3 is 0 Å². The van der Waals surface area contributed by atoms with Crippen LogP contribution in [0.2, 0.25) is 0 Å². The van der Waals surface area contributed by atoms with Crippen molar-refractivity contribution in [1.82, 2.24) is 15.3 Å². The molecule has 1 aliphatic heterocycles. The maximum Gasteiger partial charge on any atom is 0.274 e. The molecule has 0 unspecified atom stereocenters. The molecule has 0 fully saturated rings. The molecule has 2 aromatic heterocycles. The van der Waals surface area contributed by atoms with E-state index in [1.807, 2.05) is 16.8 Å². The molecule has 22 heavy (non-hydrogen) atoms. The number of aromatic nitrogens is 2.